The number of aliphatic hydroxyl groups is 1. The molecule has 0 aliphatic heterocycles. The molecule has 0 saturated carbocycles. The van der Waals surface area contributed by atoms with E-state index in [0.29, 0.717) is 0 Å². The van der Waals surface area contributed by atoms with Gasteiger partial charge in [-0.3, -0.25) is 5.10 Å². The van der Waals surface area contributed by atoms with Gasteiger partial charge in [0, 0.05) is 0 Å². The van der Waals surface area contributed by atoms with Gasteiger partial charge in [-0.05, 0) is 5.56 Å². The summed E-state index contributed by atoms with van der Waals surface area (Å²) in [6, 6.07) is 8.13. The molecule has 22 heavy (non-hydrogen) atoms. The molecule has 1 atom stereocenters. The number of H-pyrrole nitrogens is 1. The van der Waals surface area contributed by atoms with Gasteiger partial charge in [0.25, 0.3) is 5.82 Å². The van der Waals surface area contributed by atoms with Crippen molar-refractivity contribution >= 4 is 12.1 Å². The van der Waals surface area contributed by atoms with Gasteiger partial charge >= 0.3 is 12.1 Å². The van der Waals surface area contributed by atoms with Crippen molar-refractivity contribution in [2.45, 2.75) is 12.6 Å². The van der Waals surface area contributed by atoms with Crippen LogP contribution in [-0.4, -0.2) is 44.1 Å². The summed E-state index contributed by atoms with van der Waals surface area (Å²) >= 11 is 0. The van der Waals surface area contributed by atoms with Gasteiger partial charge in [0.15, 0.2) is 0 Å². The van der Waals surface area contributed by atoms with Gasteiger partial charge in [-0.25, -0.2) is 14.6 Å². The molecule has 9 heteroatoms. The molecule has 1 unspecified atom stereocenters. The first kappa shape index (κ1) is 15.4. The Morgan fingerprint density at radius 1 is 1.32 bits per heavy atom. The number of benzene rings is 1. The number of amides is 1. The molecule has 0 radical (unpaired) electrons. The Balaban J connectivity index is 1.91. The van der Waals surface area contributed by atoms with Gasteiger partial charge in [-0.1, -0.05) is 30.3 Å². The van der Waals surface area contributed by atoms with Crippen molar-refractivity contribution in [3.8, 4) is 0 Å². The number of aromatic nitrogens is 3. The Kier molecular flexibility index (Phi) is 5.04. The smallest absolute Gasteiger partial charge is 0.408 e. The number of alkyl carbamates (subject to hydrolysis) is 1. The van der Waals surface area contributed by atoms with E-state index in [4.69, 9.17) is 9.84 Å². The van der Waals surface area contributed by atoms with Crippen LogP contribution in [-0.2, 0) is 11.3 Å². The maximum atomic E-state index is 11.7. The topological polar surface area (TPSA) is 137 Å². The molecule has 0 aliphatic rings. The van der Waals surface area contributed by atoms with Gasteiger partial charge in [0.2, 0.25) is 0 Å². The lowest BCUT2D eigenvalue weighted by Crippen LogP contribution is -2.32. The highest BCUT2D eigenvalue weighted by Crippen LogP contribution is 2.08. The van der Waals surface area contributed by atoms with Gasteiger partial charge in [0.1, 0.15) is 18.5 Å². The molecule has 0 bridgehead atoms. The lowest BCUT2D eigenvalue weighted by Gasteiger charge is -2.13. The van der Waals surface area contributed by atoms with E-state index in [0.717, 1.165) is 5.56 Å². The largest absolute Gasteiger partial charge is 0.475 e. The third kappa shape index (κ3) is 4.03. The van der Waals surface area contributed by atoms with Crippen LogP contribution < -0.4 is 5.32 Å². The molecule has 1 amide bonds. The third-order valence-corrected chi connectivity index (χ3v) is 2.71. The monoisotopic (exact) mass is 306 g/mol. The number of carboxylic acid groups (broad SMARTS) is 1. The molecule has 1 aromatic carbocycles. The molecule has 116 valence electrons. The first-order chi connectivity index (χ1) is 10.6. The Morgan fingerprint density at radius 2 is 2.05 bits per heavy atom. The predicted octanol–water partition coefficient (Wildman–Crippen LogP) is 0.463. The number of carbonyl (C=O) groups is 2. The van der Waals surface area contributed by atoms with Gasteiger partial charge in [-0.15, -0.1) is 5.10 Å². The van der Waals surface area contributed by atoms with E-state index in [1.807, 2.05) is 18.2 Å². The van der Waals surface area contributed by atoms with Crippen molar-refractivity contribution in [3.05, 3.63) is 47.5 Å². The van der Waals surface area contributed by atoms with Crippen LogP contribution in [0.25, 0.3) is 0 Å². The van der Waals surface area contributed by atoms with E-state index < -0.39 is 30.5 Å². The Hall–Kier alpha value is -2.94. The zero-order chi connectivity index (χ0) is 15.9. The molecule has 0 fully saturated rings. The number of carbonyl (C=O) groups excluding carboxylic acids is 1. The second-order valence-electron chi connectivity index (χ2n) is 4.29. The Labute approximate surface area is 125 Å². The molecular weight excluding hydrogens is 292 g/mol. The van der Waals surface area contributed by atoms with Crippen molar-refractivity contribution in [2.75, 3.05) is 6.61 Å². The fourth-order valence-electron chi connectivity index (χ4n) is 1.63. The summed E-state index contributed by atoms with van der Waals surface area (Å²) < 4.78 is 5.00. The minimum Gasteiger partial charge on any atom is -0.475 e. The Bertz CT molecular complexity index is 643. The molecule has 0 spiro atoms. The number of nitrogens with one attached hydrogen (secondary N) is 2. The van der Waals surface area contributed by atoms with Crippen LogP contribution in [0.1, 0.15) is 28.0 Å². The quantitative estimate of drug-likeness (QED) is 0.608. The van der Waals surface area contributed by atoms with Gasteiger partial charge < -0.3 is 20.3 Å². The van der Waals surface area contributed by atoms with E-state index in [9.17, 15) is 14.7 Å². The fourth-order valence-corrected chi connectivity index (χ4v) is 1.63. The summed E-state index contributed by atoms with van der Waals surface area (Å²) in [5.41, 5.74) is 0.811. The summed E-state index contributed by atoms with van der Waals surface area (Å²) in [6.45, 7) is -0.420. The molecule has 1 aromatic heterocycles. The molecule has 9 nitrogen and oxygen atoms in total. The maximum absolute atomic E-state index is 11.7. The van der Waals surface area contributed by atoms with E-state index in [2.05, 4.69) is 20.5 Å². The molecule has 2 rings (SSSR count). The average molecular weight is 306 g/mol. The number of aromatic amines is 1. The zero-order valence-corrected chi connectivity index (χ0v) is 11.4. The third-order valence-electron chi connectivity index (χ3n) is 2.71. The maximum Gasteiger partial charge on any atom is 0.408 e. The van der Waals surface area contributed by atoms with Crippen molar-refractivity contribution in [3.63, 3.8) is 0 Å². The number of hydrogen-bond donors (Lipinski definition) is 4. The van der Waals surface area contributed by atoms with Crippen LogP contribution in [0.4, 0.5) is 4.79 Å². The van der Waals surface area contributed by atoms with Crippen LogP contribution in [0, 0.1) is 0 Å². The highest BCUT2D eigenvalue weighted by atomic mass is 16.5. The molecule has 4 N–H and O–H groups in total. The molecule has 0 aliphatic carbocycles. The lowest BCUT2D eigenvalue weighted by atomic mass is 10.2. The molecule has 0 saturated heterocycles. The predicted molar refractivity (Wildman–Crippen MR) is 72.9 cm³/mol. The zero-order valence-electron chi connectivity index (χ0n) is 11.4. The van der Waals surface area contributed by atoms with E-state index in [1.54, 1.807) is 12.1 Å². The number of hydrogen-bond acceptors (Lipinski definition) is 6. The van der Waals surface area contributed by atoms with Crippen molar-refractivity contribution in [1.82, 2.24) is 20.5 Å². The summed E-state index contributed by atoms with van der Waals surface area (Å²) in [4.78, 5) is 26.0. The second kappa shape index (κ2) is 7.18. The number of ether oxygens (including phenoxy) is 1. The van der Waals surface area contributed by atoms with E-state index in [-0.39, 0.29) is 12.4 Å². The van der Waals surface area contributed by atoms with Crippen LogP contribution in [0.15, 0.2) is 30.3 Å². The van der Waals surface area contributed by atoms with E-state index in [1.165, 1.54) is 0 Å². The van der Waals surface area contributed by atoms with Crippen molar-refractivity contribution in [1.29, 1.82) is 0 Å². The number of aliphatic hydroxyl groups excluding tert-OH is 1. The van der Waals surface area contributed by atoms with Gasteiger partial charge in [-0.2, -0.15) is 0 Å². The van der Waals surface area contributed by atoms with Crippen LogP contribution in [0.3, 0.4) is 0 Å². The lowest BCUT2D eigenvalue weighted by molar-refractivity contribution is 0.0684. The molecular formula is C13H14N4O5. The normalized spacial score (nSPS) is 11.7. The summed E-state index contributed by atoms with van der Waals surface area (Å²) in [5.74, 6) is -1.74. The summed E-state index contributed by atoms with van der Waals surface area (Å²) in [6.07, 6.45) is -0.767. The first-order valence-corrected chi connectivity index (χ1v) is 6.34. The number of carboxylic acids is 1. The summed E-state index contributed by atoms with van der Waals surface area (Å²) in [7, 11) is 0. The average Bonchev–Trinajstić information content (AvgIpc) is 3.01. The first-order valence-electron chi connectivity index (χ1n) is 6.34. The Morgan fingerprint density at radius 3 is 2.64 bits per heavy atom. The number of rotatable bonds is 6. The van der Waals surface area contributed by atoms with Crippen LogP contribution >= 0.6 is 0 Å². The highest BCUT2D eigenvalue weighted by Gasteiger charge is 2.20. The molecule has 2 aromatic rings. The standard InChI is InChI=1S/C13H14N4O5/c18-6-9(10-15-11(12(19)20)17-16-10)14-13(21)22-7-8-4-2-1-3-5-8/h1-5,9,18H,6-7H2,(H,14,21)(H,19,20)(H,15,16,17). The van der Waals surface area contributed by atoms with Crippen molar-refractivity contribution in [2.24, 2.45) is 0 Å². The SMILES string of the molecule is O=C(NC(CO)c1nc(C(=O)O)n[nH]1)OCc1ccccc1. The van der Waals surface area contributed by atoms with Crippen LogP contribution in [0.5, 0.6) is 0 Å². The fraction of sp³-hybridized carbons (Fsp3) is 0.231. The van der Waals surface area contributed by atoms with Crippen molar-refractivity contribution < 1.29 is 24.5 Å². The summed E-state index contributed by atoms with van der Waals surface area (Å²) in [5, 5.41) is 26.1. The minimum atomic E-state index is -1.31. The minimum absolute atomic E-state index is 0.0246. The van der Waals surface area contributed by atoms with Crippen LogP contribution in [0.2, 0.25) is 0 Å². The number of nitrogens with zero attached hydrogens (tertiary/aromatic N) is 2. The second-order valence-corrected chi connectivity index (χ2v) is 4.29. The molecule has 1 heterocycles. The number of aromatic carboxylic acids is 1. The van der Waals surface area contributed by atoms with E-state index >= 15 is 0 Å². The highest BCUT2D eigenvalue weighted by molar-refractivity contribution is 5.82. The van der Waals surface area contributed by atoms with Gasteiger partial charge in [0.05, 0.1) is 6.61 Å².